The summed E-state index contributed by atoms with van der Waals surface area (Å²) in [5, 5.41) is 13.9. The van der Waals surface area contributed by atoms with Gasteiger partial charge in [0.2, 0.25) is 5.91 Å². The number of aryl methyl sites for hydroxylation is 1. The van der Waals surface area contributed by atoms with Crippen LogP contribution in [-0.2, 0) is 11.3 Å². The fourth-order valence-electron chi connectivity index (χ4n) is 4.15. The van der Waals surface area contributed by atoms with E-state index < -0.39 is 6.10 Å². The number of nitrogens with one attached hydrogen (secondary N) is 1. The Kier molecular flexibility index (Phi) is 4.95. The van der Waals surface area contributed by atoms with Crippen molar-refractivity contribution in [2.24, 2.45) is 11.8 Å². The van der Waals surface area contributed by atoms with Crippen molar-refractivity contribution in [1.29, 1.82) is 0 Å². The second-order valence-electron chi connectivity index (χ2n) is 7.13. The van der Waals surface area contributed by atoms with E-state index in [2.05, 4.69) is 23.2 Å². The van der Waals surface area contributed by atoms with E-state index >= 15 is 0 Å². The van der Waals surface area contributed by atoms with Crippen LogP contribution >= 0.6 is 11.6 Å². The minimum Gasteiger partial charge on any atom is -0.391 e. The number of carbonyl (C=O) groups is 1. The quantitative estimate of drug-likeness (QED) is 0.891. The highest BCUT2D eigenvalue weighted by Gasteiger charge is 2.41. The fourth-order valence-corrected chi connectivity index (χ4v) is 4.38. The van der Waals surface area contributed by atoms with Crippen LogP contribution in [0.2, 0.25) is 5.02 Å². The number of rotatable bonds is 3. The number of fused-ring (bicyclic) bond motifs is 1. The maximum absolute atomic E-state index is 11.3. The van der Waals surface area contributed by atoms with Gasteiger partial charge in [0, 0.05) is 31.6 Å². The molecule has 0 spiro atoms. The van der Waals surface area contributed by atoms with Crippen LogP contribution in [0.15, 0.2) is 18.2 Å². The summed E-state index contributed by atoms with van der Waals surface area (Å²) in [6.07, 6.45) is 1.24. The predicted molar refractivity (Wildman–Crippen MR) is 91.3 cm³/mol. The summed E-state index contributed by atoms with van der Waals surface area (Å²) in [5.41, 5.74) is 2.54. The smallest absolute Gasteiger partial charge is 0.217 e. The number of benzene rings is 1. The molecule has 1 saturated heterocycles. The number of aliphatic hydroxyl groups excluding tert-OH is 1. The van der Waals surface area contributed by atoms with E-state index in [0.717, 1.165) is 37.5 Å². The fraction of sp³-hybridized carbons (Fsp3) is 0.611. The minimum absolute atomic E-state index is 0.0563. The van der Waals surface area contributed by atoms with Gasteiger partial charge in [0.1, 0.15) is 0 Å². The highest BCUT2D eigenvalue weighted by molar-refractivity contribution is 6.30. The molecule has 2 aliphatic rings. The second kappa shape index (κ2) is 6.80. The molecular formula is C18H25ClN2O2. The van der Waals surface area contributed by atoms with Crippen LogP contribution in [-0.4, -0.2) is 41.1 Å². The molecular weight excluding hydrogens is 312 g/mol. The first-order chi connectivity index (χ1) is 10.9. The van der Waals surface area contributed by atoms with Gasteiger partial charge in [-0.15, -0.1) is 0 Å². The van der Waals surface area contributed by atoms with Crippen molar-refractivity contribution in [3.63, 3.8) is 0 Å². The Labute approximate surface area is 142 Å². The number of amides is 1. The van der Waals surface area contributed by atoms with Crippen molar-refractivity contribution in [3.8, 4) is 0 Å². The molecule has 1 amide bonds. The Bertz CT molecular complexity index is 592. The van der Waals surface area contributed by atoms with Crippen LogP contribution in [0.5, 0.6) is 0 Å². The molecule has 0 radical (unpaired) electrons. The topological polar surface area (TPSA) is 52.6 Å². The van der Waals surface area contributed by atoms with E-state index in [9.17, 15) is 9.90 Å². The number of hydrogen-bond acceptors (Lipinski definition) is 3. The molecule has 4 nitrogen and oxygen atoms in total. The maximum atomic E-state index is 11.3. The van der Waals surface area contributed by atoms with Crippen LogP contribution < -0.4 is 5.32 Å². The summed E-state index contributed by atoms with van der Waals surface area (Å²) in [6, 6.07) is 5.97. The van der Waals surface area contributed by atoms with Crippen molar-refractivity contribution >= 4 is 17.5 Å². The summed E-state index contributed by atoms with van der Waals surface area (Å²) in [6.45, 7) is 6.60. The molecule has 1 saturated carbocycles. The number of likely N-dealkylation sites (tertiary alicyclic amines) is 1. The average Bonchev–Trinajstić information content (AvgIpc) is 2.83. The Morgan fingerprint density at radius 1 is 1.35 bits per heavy atom. The third-order valence-electron chi connectivity index (χ3n) is 5.30. The van der Waals surface area contributed by atoms with Crippen molar-refractivity contribution in [3.05, 3.63) is 34.3 Å². The first-order valence-corrected chi connectivity index (χ1v) is 8.72. The van der Waals surface area contributed by atoms with E-state index in [1.807, 2.05) is 12.1 Å². The van der Waals surface area contributed by atoms with Gasteiger partial charge in [0.25, 0.3) is 0 Å². The molecule has 2 fully saturated rings. The van der Waals surface area contributed by atoms with Gasteiger partial charge in [0.15, 0.2) is 0 Å². The van der Waals surface area contributed by atoms with Crippen molar-refractivity contribution in [2.45, 2.75) is 45.4 Å². The van der Waals surface area contributed by atoms with Gasteiger partial charge in [-0.1, -0.05) is 17.7 Å². The molecule has 1 aromatic rings. The number of nitrogens with zero attached hydrogens (tertiary/aromatic N) is 1. The minimum atomic E-state index is -0.419. The van der Waals surface area contributed by atoms with E-state index in [1.165, 1.54) is 18.1 Å². The first-order valence-electron chi connectivity index (χ1n) is 8.35. The molecule has 1 aliphatic carbocycles. The summed E-state index contributed by atoms with van der Waals surface area (Å²) in [5.74, 6) is 1.03. The molecule has 1 heterocycles. The monoisotopic (exact) mass is 336 g/mol. The van der Waals surface area contributed by atoms with Crippen LogP contribution in [0.4, 0.5) is 0 Å². The van der Waals surface area contributed by atoms with E-state index in [-0.39, 0.29) is 11.9 Å². The normalized spacial score (nSPS) is 31.0. The lowest BCUT2D eigenvalue weighted by Crippen LogP contribution is -2.48. The SMILES string of the molecule is CC(=O)N[C@@H]1C[C@@H]2CN(Cc3ccc(Cl)cc3C)C[C@@H]2C[C@H]1O. The summed E-state index contributed by atoms with van der Waals surface area (Å²) in [7, 11) is 0. The molecule has 1 aromatic carbocycles. The Hall–Kier alpha value is -1.10. The highest BCUT2D eigenvalue weighted by atomic mass is 35.5. The molecule has 0 aromatic heterocycles. The number of carbonyl (C=O) groups excluding carboxylic acids is 1. The van der Waals surface area contributed by atoms with Crippen LogP contribution in [0.25, 0.3) is 0 Å². The van der Waals surface area contributed by atoms with Crippen LogP contribution in [0.3, 0.4) is 0 Å². The molecule has 0 bridgehead atoms. The first kappa shape index (κ1) is 16.7. The second-order valence-corrected chi connectivity index (χ2v) is 7.57. The molecule has 1 aliphatic heterocycles. The van der Waals surface area contributed by atoms with E-state index in [0.29, 0.717) is 11.8 Å². The molecule has 5 heteroatoms. The van der Waals surface area contributed by atoms with Gasteiger partial charge in [-0.05, 0) is 54.9 Å². The Morgan fingerprint density at radius 3 is 2.70 bits per heavy atom. The molecule has 3 rings (SSSR count). The zero-order chi connectivity index (χ0) is 16.6. The summed E-state index contributed by atoms with van der Waals surface area (Å²) >= 11 is 6.03. The molecule has 23 heavy (non-hydrogen) atoms. The predicted octanol–water partition coefficient (Wildman–Crippen LogP) is 2.36. The van der Waals surface area contributed by atoms with Crippen molar-refractivity contribution in [2.75, 3.05) is 13.1 Å². The third kappa shape index (κ3) is 3.87. The zero-order valence-electron chi connectivity index (χ0n) is 13.8. The van der Waals surface area contributed by atoms with Gasteiger partial charge in [-0.3, -0.25) is 9.69 Å². The van der Waals surface area contributed by atoms with Gasteiger partial charge >= 0.3 is 0 Å². The molecule has 4 atom stereocenters. The summed E-state index contributed by atoms with van der Waals surface area (Å²) < 4.78 is 0. The average molecular weight is 337 g/mol. The Morgan fingerprint density at radius 2 is 2.04 bits per heavy atom. The van der Waals surface area contributed by atoms with Crippen LogP contribution in [0, 0.1) is 18.8 Å². The number of hydrogen-bond donors (Lipinski definition) is 2. The van der Waals surface area contributed by atoms with Gasteiger partial charge in [-0.25, -0.2) is 0 Å². The van der Waals surface area contributed by atoms with E-state index in [1.54, 1.807) is 0 Å². The lowest BCUT2D eigenvalue weighted by Gasteiger charge is -2.35. The number of aliphatic hydroxyl groups is 1. The lowest BCUT2D eigenvalue weighted by atomic mass is 9.77. The lowest BCUT2D eigenvalue weighted by molar-refractivity contribution is -0.121. The molecule has 0 unspecified atom stereocenters. The van der Waals surface area contributed by atoms with Gasteiger partial charge < -0.3 is 10.4 Å². The summed E-state index contributed by atoms with van der Waals surface area (Å²) in [4.78, 5) is 13.7. The van der Waals surface area contributed by atoms with Crippen molar-refractivity contribution in [1.82, 2.24) is 10.2 Å². The largest absolute Gasteiger partial charge is 0.391 e. The van der Waals surface area contributed by atoms with E-state index in [4.69, 9.17) is 11.6 Å². The molecule has 2 N–H and O–H groups in total. The number of halogens is 1. The standard InChI is InChI=1S/C18H25ClN2O2/c1-11-5-16(19)4-3-13(11)8-21-9-14-6-17(20-12(2)22)18(23)7-15(14)10-21/h3-5,14-15,17-18,23H,6-10H2,1-2H3,(H,20,22)/t14-,15+,17-,18-/m1/s1. The van der Waals surface area contributed by atoms with Gasteiger partial charge in [0.05, 0.1) is 12.1 Å². The van der Waals surface area contributed by atoms with Crippen LogP contribution in [0.1, 0.15) is 30.9 Å². The Balaban J connectivity index is 1.63. The van der Waals surface area contributed by atoms with Crippen molar-refractivity contribution < 1.29 is 9.90 Å². The molecule has 126 valence electrons. The zero-order valence-corrected chi connectivity index (χ0v) is 14.5. The third-order valence-corrected chi connectivity index (χ3v) is 5.54. The van der Waals surface area contributed by atoms with Gasteiger partial charge in [-0.2, -0.15) is 0 Å². The maximum Gasteiger partial charge on any atom is 0.217 e. The highest BCUT2D eigenvalue weighted by Crippen LogP contribution is 2.37.